The van der Waals surface area contributed by atoms with E-state index in [1.165, 1.54) is 12.1 Å². The Morgan fingerprint density at radius 1 is 0.632 bits per heavy atom. The van der Waals surface area contributed by atoms with Crippen LogP contribution in [-0.4, -0.2) is 0 Å². The quantitative estimate of drug-likeness (QED) is 0.392. The molecule has 0 saturated heterocycles. The van der Waals surface area contributed by atoms with Crippen molar-refractivity contribution in [2.24, 2.45) is 0 Å². The summed E-state index contributed by atoms with van der Waals surface area (Å²) < 4.78 is 0. The van der Waals surface area contributed by atoms with Crippen molar-refractivity contribution in [3.8, 4) is 11.5 Å². The Hall–Kier alpha value is -2.14. The number of anilines is 4. The van der Waals surface area contributed by atoms with E-state index < -0.39 is 0 Å². The van der Waals surface area contributed by atoms with Crippen molar-refractivity contribution in [2.75, 3.05) is 22.9 Å². The molecule has 2 aromatic carbocycles. The van der Waals surface area contributed by atoms with Gasteiger partial charge >= 0.3 is 19.5 Å². The van der Waals surface area contributed by atoms with Crippen molar-refractivity contribution < 1.29 is 29.7 Å². The van der Waals surface area contributed by atoms with E-state index in [2.05, 4.69) is 0 Å². The molecule has 0 bridgehead atoms. The summed E-state index contributed by atoms with van der Waals surface area (Å²) in [6.45, 7) is 0. The fraction of sp³-hybridized carbons (Fsp3) is 0. The molecule has 19 heavy (non-hydrogen) atoms. The van der Waals surface area contributed by atoms with E-state index in [9.17, 15) is 10.2 Å². The predicted octanol–water partition coefficient (Wildman–Crippen LogP) is -0.153. The molecule has 2 rings (SSSR count). The normalized spacial score (nSPS) is 8.84. The van der Waals surface area contributed by atoms with Crippen LogP contribution >= 0.6 is 0 Å². The number of para-hydroxylation sites is 2. The van der Waals surface area contributed by atoms with Crippen LogP contribution in [0, 0.1) is 0 Å². The summed E-state index contributed by atoms with van der Waals surface area (Å²) in [7, 11) is 0. The molecule has 96 valence electrons. The summed E-state index contributed by atoms with van der Waals surface area (Å²) in [5, 5.41) is 21.3. The van der Waals surface area contributed by atoms with Gasteiger partial charge in [0, 0.05) is 11.4 Å². The van der Waals surface area contributed by atoms with Gasteiger partial charge in [-0.2, -0.15) is 0 Å². The maximum atomic E-state index is 10.6. The van der Waals surface area contributed by atoms with Crippen LogP contribution < -0.4 is 33.1 Å². The van der Waals surface area contributed by atoms with Gasteiger partial charge in [-0.1, -0.05) is 35.8 Å². The van der Waals surface area contributed by atoms with Gasteiger partial charge in [0.1, 0.15) is 0 Å². The van der Waals surface area contributed by atoms with Crippen LogP contribution in [0.15, 0.2) is 36.4 Å². The van der Waals surface area contributed by atoms with E-state index in [4.69, 9.17) is 22.9 Å². The van der Waals surface area contributed by atoms with Crippen molar-refractivity contribution in [3.63, 3.8) is 0 Å². The Bertz CT molecular complexity index is 459. The van der Waals surface area contributed by atoms with Crippen molar-refractivity contribution in [1.82, 2.24) is 0 Å². The minimum atomic E-state index is -0.213. The van der Waals surface area contributed by atoms with E-state index >= 15 is 0 Å². The second-order valence-corrected chi connectivity index (χ2v) is 3.52. The molecule has 0 aromatic heterocycles. The molecule has 0 amide bonds. The van der Waals surface area contributed by atoms with E-state index in [1.54, 1.807) is 24.3 Å². The molecule has 0 spiro atoms. The predicted molar refractivity (Wildman–Crippen MR) is 69.4 cm³/mol. The van der Waals surface area contributed by atoms with Crippen molar-refractivity contribution >= 4 is 22.7 Å². The first-order valence-electron chi connectivity index (χ1n) is 5.05. The molecule has 0 atom stereocenters. The summed E-state index contributed by atoms with van der Waals surface area (Å²) in [5.41, 5.74) is 22.1. The number of hydrogen-bond donors (Lipinski definition) is 4. The summed E-state index contributed by atoms with van der Waals surface area (Å²) in [4.78, 5) is 0. The molecular weight excluding hydrogens is 298 g/mol. The molecule has 0 aliphatic heterocycles. The second-order valence-electron chi connectivity index (χ2n) is 3.52. The summed E-state index contributed by atoms with van der Waals surface area (Å²) in [6, 6.07) is 9.10. The number of hydrogen-bond acceptors (Lipinski definition) is 6. The summed E-state index contributed by atoms with van der Waals surface area (Å²) >= 11 is 0. The van der Waals surface area contributed by atoms with E-state index in [0.29, 0.717) is 11.4 Å². The van der Waals surface area contributed by atoms with Gasteiger partial charge in [-0.25, -0.2) is 0 Å². The fourth-order valence-electron chi connectivity index (χ4n) is 1.12. The maximum Gasteiger partial charge on any atom is 2.00 e. The van der Waals surface area contributed by atoms with Gasteiger partial charge in [-0.05, 0) is 12.1 Å². The molecule has 0 aliphatic rings. The first-order valence-corrected chi connectivity index (χ1v) is 5.05. The maximum absolute atomic E-state index is 10.6. The van der Waals surface area contributed by atoms with Crippen LogP contribution in [-0.2, 0) is 19.5 Å². The van der Waals surface area contributed by atoms with Gasteiger partial charge in [-0.3, -0.25) is 0 Å². The summed E-state index contributed by atoms with van der Waals surface area (Å²) in [6.07, 6.45) is 0. The average Bonchev–Trinajstić information content (AvgIpc) is 2.34. The third-order valence-electron chi connectivity index (χ3n) is 2.20. The molecule has 8 N–H and O–H groups in total. The molecule has 0 radical (unpaired) electrons. The number of nitrogen functional groups attached to an aromatic ring is 4. The smallest absolute Gasteiger partial charge is 0.871 e. The molecular formula is C12H14N4O2Zn. The van der Waals surface area contributed by atoms with Crippen LogP contribution in [0.25, 0.3) is 0 Å². The standard InChI is InChI=1S/2C6H8N2O.Zn/c2*7-4-2-1-3-5(9)6(4)8;/h2*1-3,9H,7-8H2;/q;;+2/p-2. The SMILES string of the molecule is Nc1cccc([O-])c1N.Nc1cccc([O-])c1N.[Zn+2]. The molecule has 2 aromatic rings. The third-order valence-corrected chi connectivity index (χ3v) is 2.20. The van der Waals surface area contributed by atoms with E-state index in [-0.39, 0.29) is 42.4 Å². The first kappa shape index (κ1) is 16.9. The molecule has 0 aliphatic carbocycles. The minimum absolute atomic E-state index is 0. The van der Waals surface area contributed by atoms with Crippen LogP contribution in [0.1, 0.15) is 0 Å². The monoisotopic (exact) mass is 310 g/mol. The molecule has 6 nitrogen and oxygen atoms in total. The van der Waals surface area contributed by atoms with Crippen molar-refractivity contribution in [3.05, 3.63) is 36.4 Å². The topological polar surface area (TPSA) is 150 Å². The number of rotatable bonds is 0. The first-order chi connectivity index (χ1) is 8.43. The number of benzene rings is 2. The second kappa shape index (κ2) is 7.33. The Kier molecular flexibility index (Phi) is 6.51. The molecule has 7 heteroatoms. The largest absolute Gasteiger partial charge is 2.00 e. The van der Waals surface area contributed by atoms with E-state index in [0.717, 1.165) is 0 Å². The Balaban J connectivity index is 0.000000324. The molecule has 0 heterocycles. The fourth-order valence-corrected chi connectivity index (χ4v) is 1.12. The zero-order chi connectivity index (χ0) is 13.7. The van der Waals surface area contributed by atoms with E-state index in [1.807, 2.05) is 0 Å². The molecule has 0 unspecified atom stereocenters. The minimum Gasteiger partial charge on any atom is -0.871 e. The van der Waals surface area contributed by atoms with Gasteiger partial charge in [0.2, 0.25) is 0 Å². The Labute approximate surface area is 123 Å². The van der Waals surface area contributed by atoms with Gasteiger partial charge in [0.25, 0.3) is 0 Å². The van der Waals surface area contributed by atoms with Crippen LogP contribution in [0.2, 0.25) is 0 Å². The van der Waals surface area contributed by atoms with Gasteiger partial charge < -0.3 is 33.1 Å². The molecule has 0 fully saturated rings. The van der Waals surface area contributed by atoms with Crippen molar-refractivity contribution in [2.45, 2.75) is 0 Å². The Morgan fingerprint density at radius 3 is 1.16 bits per heavy atom. The van der Waals surface area contributed by atoms with Gasteiger partial charge in [0.15, 0.2) is 0 Å². The third kappa shape index (κ3) is 4.56. The summed E-state index contributed by atoms with van der Waals surface area (Å²) in [5.74, 6) is -0.426. The van der Waals surface area contributed by atoms with Crippen LogP contribution in [0.3, 0.4) is 0 Å². The average molecular weight is 312 g/mol. The molecule has 0 saturated carbocycles. The zero-order valence-electron chi connectivity index (χ0n) is 10.3. The number of nitrogens with two attached hydrogens (primary N) is 4. The van der Waals surface area contributed by atoms with Crippen LogP contribution in [0.4, 0.5) is 22.7 Å². The van der Waals surface area contributed by atoms with Crippen LogP contribution in [0.5, 0.6) is 11.5 Å². The van der Waals surface area contributed by atoms with Gasteiger partial charge in [-0.15, -0.1) is 0 Å². The zero-order valence-corrected chi connectivity index (χ0v) is 13.3. The van der Waals surface area contributed by atoms with Gasteiger partial charge in [0.05, 0.1) is 11.4 Å². The van der Waals surface area contributed by atoms with Crippen molar-refractivity contribution in [1.29, 1.82) is 0 Å². The Morgan fingerprint density at radius 2 is 0.947 bits per heavy atom.